The number of methoxy groups -OCH3 is 1. The molecule has 0 N–H and O–H groups in total. The van der Waals surface area contributed by atoms with E-state index in [1.54, 1.807) is 26.0 Å². The van der Waals surface area contributed by atoms with Gasteiger partial charge in [-0.3, -0.25) is 0 Å². The molecule has 0 amide bonds. The summed E-state index contributed by atoms with van der Waals surface area (Å²) in [5.41, 5.74) is 6.32. The zero-order chi connectivity index (χ0) is 33.2. The third kappa shape index (κ3) is 9.14. The van der Waals surface area contributed by atoms with Gasteiger partial charge >= 0.3 is 17.9 Å². The van der Waals surface area contributed by atoms with Crippen LogP contribution in [0.2, 0.25) is 0 Å². The van der Waals surface area contributed by atoms with E-state index in [2.05, 4.69) is 44.0 Å². The van der Waals surface area contributed by atoms with Crippen molar-refractivity contribution in [3.8, 4) is 33.8 Å². The van der Waals surface area contributed by atoms with Crippen LogP contribution in [0.3, 0.4) is 0 Å². The first-order valence-electron chi connectivity index (χ1n) is 15.5. The van der Waals surface area contributed by atoms with Crippen molar-refractivity contribution in [2.45, 2.75) is 51.9 Å². The van der Waals surface area contributed by atoms with Gasteiger partial charge in [-0.2, -0.15) is 0 Å². The second kappa shape index (κ2) is 16.0. The molecule has 46 heavy (non-hydrogen) atoms. The van der Waals surface area contributed by atoms with Crippen LogP contribution in [0.4, 0.5) is 0 Å². The lowest BCUT2D eigenvalue weighted by Crippen LogP contribution is -2.17. The molecule has 1 saturated carbocycles. The van der Waals surface area contributed by atoms with Crippen molar-refractivity contribution >= 4 is 17.9 Å². The first-order chi connectivity index (χ1) is 22.0. The minimum absolute atomic E-state index is 0.114. The van der Waals surface area contributed by atoms with E-state index in [1.807, 2.05) is 30.3 Å². The van der Waals surface area contributed by atoms with E-state index in [4.69, 9.17) is 18.9 Å². The van der Waals surface area contributed by atoms with Gasteiger partial charge in [0.2, 0.25) is 0 Å². The number of rotatable bonds is 13. The molecule has 0 spiro atoms. The van der Waals surface area contributed by atoms with Crippen LogP contribution in [-0.4, -0.2) is 38.2 Å². The van der Waals surface area contributed by atoms with Crippen LogP contribution < -0.4 is 9.47 Å². The number of benzene rings is 3. The molecular formula is C39H42O7. The van der Waals surface area contributed by atoms with Crippen molar-refractivity contribution in [2.75, 3.05) is 20.3 Å². The molecule has 3 aromatic rings. The van der Waals surface area contributed by atoms with Gasteiger partial charge < -0.3 is 18.9 Å². The lowest BCUT2D eigenvalue weighted by atomic mass is 9.76. The summed E-state index contributed by atoms with van der Waals surface area (Å²) in [6, 6.07) is 21.5. The van der Waals surface area contributed by atoms with E-state index in [0.29, 0.717) is 41.1 Å². The Kier molecular flexibility index (Phi) is 11.9. The van der Waals surface area contributed by atoms with Gasteiger partial charge in [-0.15, -0.1) is 0 Å². The molecule has 1 fully saturated rings. The Labute approximate surface area is 271 Å². The Balaban J connectivity index is 1.50. The monoisotopic (exact) mass is 622 g/mol. The van der Waals surface area contributed by atoms with E-state index in [0.717, 1.165) is 59.9 Å². The molecule has 0 radical (unpaired) electrons. The maximum atomic E-state index is 12.3. The van der Waals surface area contributed by atoms with Crippen LogP contribution in [0.5, 0.6) is 11.5 Å². The lowest BCUT2D eigenvalue weighted by Gasteiger charge is -2.30. The number of hydrogen-bond donors (Lipinski definition) is 0. The number of carbonyl (C=O) groups is 3. The van der Waals surface area contributed by atoms with Gasteiger partial charge in [-0.1, -0.05) is 62.2 Å². The maximum Gasteiger partial charge on any atom is 0.341 e. The topological polar surface area (TPSA) is 88.1 Å². The van der Waals surface area contributed by atoms with Crippen LogP contribution in [0.1, 0.15) is 57.4 Å². The van der Waals surface area contributed by atoms with Gasteiger partial charge in [0.05, 0.1) is 18.8 Å². The Morgan fingerprint density at radius 1 is 0.696 bits per heavy atom. The number of hydrogen-bond acceptors (Lipinski definition) is 7. The molecule has 0 bridgehead atoms. The SMILES string of the molecule is C=C(C)C(=O)OCCC1CCC(c2cc(OC(=O)C(=C)C)ccc2-c2ccc(-c3ccc(OC(=O)C(=C)COC)cc3)cc2)CC1. The van der Waals surface area contributed by atoms with E-state index in [1.165, 1.54) is 7.11 Å². The highest BCUT2D eigenvalue weighted by molar-refractivity contribution is 5.90. The number of esters is 3. The Bertz CT molecular complexity index is 1590. The van der Waals surface area contributed by atoms with Gasteiger partial charge in [0, 0.05) is 18.3 Å². The number of carbonyl (C=O) groups excluding carboxylic acids is 3. The normalized spacial score (nSPS) is 15.8. The van der Waals surface area contributed by atoms with E-state index < -0.39 is 11.9 Å². The predicted molar refractivity (Wildman–Crippen MR) is 180 cm³/mol. The van der Waals surface area contributed by atoms with Crippen molar-refractivity contribution in [3.05, 3.63) is 109 Å². The summed E-state index contributed by atoms with van der Waals surface area (Å²) >= 11 is 0. The minimum atomic E-state index is -0.521. The first-order valence-corrected chi connectivity index (χ1v) is 15.5. The second-order valence-electron chi connectivity index (χ2n) is 11.9. The molecular weight excluding hydrogens is 580 g/mol. The average Bonchev–Trinajstić information content (AvgIpc) is 3.05. The zero-order valence-corrected chi connectivity index (χ0v) is 26.9. The van der Waals surface area contributed by atoms with Gasteiger partial charge in [0.25, 0.3) is 0 Å². The molecule has 1 aliphatic rings. The Morgan fingerprint density at radius 2 is 1.24 bits per heavy atom. The molecule has 240 valence electrons. The standard InChI is InChI=1S/C39H42O7/c1-25(2)37(40)44-22-21-28-7-9-32(10-8-28)36-23-34(46-38(41)26(3)4)19-20-35(36)31-13-11-29(12-14-31)30-15-17-33(18-16-30)45-39(42)27(5)24-43-6/h11-20,23,28,32H,1,3,5,7-10,21-22,24H2,2,4,6H3. The third-order valence-electron chi connectivity index (χ3n) is 8.18. The van der Waals surface area contributed by atoms with Gasteiger partial charge in [-0.25, -0.2) is 14.4 Å². The quantitative estimate of drug-likeness (QED) is 0.107. The minimum Gasteiger partial charge on any atom is -0.462 e. The van der Waals surface area contributed by atoms with Crippen molar-refractivity contribution in [2.24, 2.45) is 5.92 Å². The highest BCUT2D eigenvalue weighted by Crippen LogP contribution is 2.42. The number of ether oxygens (including phenoxy) is 4. The van der Waals surface area contributed by atoms with E-state index in [-0.39, 0.29) is 18.1 Å². The summed E-state index contributed by atoms with van der Waals surface area (Å²) in [7, 11) is 1.50. The predicted octanol–water partition coefficient (Wildman–Crippen LogP) is 8.39. The fourth-order valence-electron chi connectivity index (χ4n) is 5.57. The van der Waals surface area contributed by atoms with Gasteiger partial charge in [0.1, 0.15) is 11.5 Å². The summed E-state index contributed by atoms with van der Waals surface area (Å²) in [4.78, 5) is 36.2. The Hall–Kier alpha value is -4.75. The maximum absolute atomic E-state index is 12.3. The zero-order valence-electron chi connectivity index (χ0n) is 26.9. The summed E-state index contributed by atoms with van der Waals surface area (Å²) in [5.74, 6) is 0.409. The fourth-order valence-corrected chi connectivity index (χ4v) is 5.57. The van der Waals surface area contributed by atoms with Gasteiger partial charge in [0.15, 0.2) is 0 Å². The lowest BCUT2D eigenvalue weighted by molar-refractivity contribution is -0.139. The fraction of sp³-hybridized carbons (Fsp3) is 0.308. The van der Waals surface area contributed by atoms with E-state index >= 15 is 0 Å². The average molecular weight is 623 g/mol. The molecule has 1 aliphatic carbocycles. The molecule has 0 heterocycles. The molecule has 7 nitrogen and oxygen atoms in total. The Morgan fingerprint density at radius 3 is 1.83 bits per heavy atom. The molecule has 0 aromatic heterocycles. The van der Waals surface area contributed by atoms with Crippen LogP contribution in [0, 0.1) is 5.92 Å². The van der Waals surface area contributed by atoms with Crippen LogP contribution in [0.15, 0.2) is 103 Å². The highest BCUT2D eigenvalue weighted by atomic mass is 16.5. The smallest absolute Gasteiger partial charge is 0.341 e. The molecule has 7 heteroatoms. The van der Waals surface area contributed by atoms with E-state index in [9.17, 15) is 14.4 Å². The van der Waals surface area contributed by atoms with Crippen molar-refractivity contribution in [3.63, 3.8) is 0 Å². The highest BCUT2D eigenvalue weighted by Gasteiger charge is 2.25. The molecule has 0 aliphatic heterocycles. The van der Waals surface area contributed by atoms with Crippen LogP contribution in [-0.2, 0) is 23.9 Å². The summed E-state index contributed by atoms with van der Waals surface area (Å²) in [6.45, 7) is 14.8. The summed E-state index contributed by atoms with van der Waals surface area (Å²) < 4.78 is 21.3. The van der Waals surface area contributed by atoms with Crippen LogP contribution in [0.25, 0.3) is 22.3 Å². The molecule has 4 rings (SSSR count). The van der Waals surface area contributed by atoms with Crippen molar-refractivity contribution < 1.29 is 33.3 Å². The van der Waals surface area contributed by atoms with Crippen molar-refractivity contribution in [1.82, 2.24) is 0 Å². The molecule has 0 unspecified atom stereocenters. The summed E-state index contributed by atoms with van der Waals surface area (Å²) in [5, 5.41) is 0. The van der Waals surface area contributed by atoms with Crippen LogP contribution >= 0.6 is 0 Å². The molecule has 0 atom stereocenters. The molecule has 0 saturated heterocycles. The second-order valence-corrected chi connectivity index (χ2v) is 11.9. The first kappa shape index (κ1) is 34.1. The largest absolute Gasteiger partial charge is 0.462 e. The van der Waals surface area contributed by atoms with Crippen molar-refractivity contribution in [1.29, 1.82) is 0 Å². The van der Waals surface area contributed by atoms with Gasteiger partial charge in [-0.05, 0) is 110 Å². The molecule has 3 aromatic carbocycles. The third-order valence-corrected chi connectivity index (χ3v) is 8.18. The summed E-state index contributed by atoms with van der Waals surface area (Å²) in [6.07, 6.45) is 4.85.